The van der Waals surface area contributed by atoms with Crippen LogP contribution in [-0.2, 0) is 21.2 Å². The van der Waals surface area contributed by atoms with Crippen LogP contribution in [0.2, 0.25) is 0 Å². The van der Waals surface area contributed by atoms with E-state index in [0.29, 0.717) is 57.1 Å². The summed E-state index contributed by atoms with van der Waals surface area (Å²) in [6.07, 6.45) is 1.80. The molecule has 0 bridgehead atoms. The molecule has 0 spiro atoms. The third-order valence-corrected chi connectivity index (χ3v) is 7.38. The molecule has 32 heavy (non-hydrogen) atoms. The number of ether oxygens (including phenoxy) is 2. The van der Waals surface area contributed by atoms with E-state index >= 15 is 0 Å². The van der Waals surface area contributed by atoms with Crippen LogP contribution in [0.15, 0.2) is 47.4 Å². The van der Waals surface area contributed by atoms with Crippen LogP contribution in [0.25, 0.3) is 0 Å². The molecule has 7 nitrogen and oxygen atoms in total. The van der Waals surface area contributed by atoms with Gasteiger partial charge in [0.1, 0.15) is 6.04 Å². The highest BCUT2D eigenvalue weighted by atomic mass is 32.2. The Hall–Kier alpha value is -2.58. The quantitative estimate of drug-likeness (QED) is 0.588. The minimum absolute atomic E-state index is 0.223. The number of hydrogen-bond donors (Lipinski definition) is 1. The zero-order valence-corrected chi connectivity index (χ0v) is 19.8. The Labute approximate surface area is 190 Å². The predicted octanol–water partition coefficient (Wildman–Crippen LogP) is 3.30. The molecule has 1 amide bonds. The second-order valence-electron chi connectivity index (χ2n) is 7.77. The number of nitrogens with one attached hydrogen (secondary N) is 1. The second-order valence-corrected chi connectivity index (χ2v) is 9.67. The molecule has 3 rings (SSSR count). The molecule has 1 fully saturated rings. The van der Waals surface area contributed by atoms with Crippen LogP contribution in [-0.4, -0.2) is 51.0 Å². The molecular formula is C24H32N2O5S. The van der Waals surface area contributed by atoms with Crippen LogP contribution in [0.5, 0.6) is 11.5 Å². The average molecular weight is 461 g/mol. The number of aryl methyl sites for hydroxylation is 1. The molecular weight excluding hydrogens is 428 g/mol. The monoisotopic (exact) mass is 460 g/mol. The fraction of sp³-hybridized carbons (Fsp3) is 0.458. The molecule has 1 aliphatic rings. The van der Waals surface area contributed by atoms with Gasteiger partial charge in [0.15, 0.2) is 11.5 Å². The Balaban J connectivity index is 1.62. The number of amides is 1. The van der Waals surface area contributed by atoms with E-state index in [1.54, 1.807) is 24.3 Å². The van der Waals surface area contributed by atoms with Gasteiger partial charge < -0.3 is 14.8 Å². The average Bonchev–Trinajstić information content (AvgIpc) is 3.27. The van der Waals surface area contributed by atoms with Gasteiger partial charge in [0, 0.05) is 13.1 Å². The van der Waals surface area contributed by atoms with E-state index in [9.17, 15) is 13.2 Å². The maximum absolute atomic E-state index is 13.1. The topological polar surface area (TPSA) is 84.9 Å². The Morgan fingerprint density at radius 1 is 1.06 bits per heavy atom. The van der Waals surface area contributed by atoms with Gasteiger partial charge in [-0.3, -0.25) is 4.79 Å². The van der Waals surface area contributed by atoms with Gasteiger partial charge in [-0.25, -0.2) is 8.42 Å². The van der Waals surface area contributed by atoms with Crippen molar-refractivity contribution in [2.24, 2.45) is 0 Å². The number of carbonyl (C=O) groups excluding carboxylic acids is 1. The van der Waals surface area contributed by atoms with E-state index in [1.807, 2.05) is 39.0 Å². The van der Waals surface area contributed by atoms with Crippen LogP contribution in [0.1, 0.15) is 37.8 Å². The Kier molecular flexibility index (Phi) is 8.15. The lowest BCUT2D eigenvalue weighted by Crippen LogP contribution is -2.46. The molecule has 1 N–H and O–H groups in total. The largest absolute Gasteiger partial charge is 0.490 e. The lowest BCUT2D eigenvalue weighted by Gasteiger charge is -2.23. The Morgan fingerprint density at radius 2 is 1.75 bits per heavy atom. The van der Waals surface area contributed by atoms with E-state index in [-0.39, 0.29) is 10.8 Å². The summed E-state index contributed by atoms with van der Waals surface area (Å²) in [5, 5.41) is 2.91. The molecule has 1 aliphatic heterocycles. The number of hydrogen-bond acceptors (Lipinski definition) is 5. The van der Waals surface area contributed by atoms with Gasteiger partial charge >= 0.3 is 0 Å². The molecule has 8 heteroatoms. The number of sulfonamides is 1. The van der Waals surface area contributed by atoms with Crippen molar-refractivity contribution >= 4 is 15.9 Å². The van der Waals surface area contributed by atoms with Crippen LogP contribution in [0.3, 0.4) is 0 Å². The maximum atomic E-state index is 13.1. The van der Waals surface area contributed by atoms with Crippen molar-refractivity contribution in [3.05, 3.63) is 53.6 Å². The van der Waals surface area contributed by atoms with Gasteiger partial charge in [-0.1, -0.05) is 23.8 Å². The summed E-state index contributed by atoms with van der Waals surface area (Å²) < 4.78 is 38.7. The van der Waals surface area contributed by atoms with Gasteiger partial charge in [0.05, 0.1) is 18.1 Å². The summed E-state index contributed by atoms with van der Waals surface area (Å²) in [5.41, 5.74) is 1.99. The summed E-state index contributed by atoms with van der Waals surface area (Å²) in [6, 6.07) is 11.8. The van der Waals surface area contributed by atoms with Crippen LogP contribution < -0.4 is 14.8 Å². The van der Waals surface area contributed by atoms with Crippen molar-refractivity contribution in [2.75, 3.05) is 26.3 Å². The molecule has 2 aromatic carbocycles. The lowest BCUT2D eigenvalue weighted by atomic mass is 10.1. The predicted molar refractivity (Wildman–Crippen MR) is 124 cm³/mol. The fourth-order valence-electron chi connectivity index (χ4n) is 3.83. The first kappa shape index (κ1) is 24.1. The van der Waals surface area contributed by atoms with E-state index < -0.39 is 16.1 Å². The highest BCUT2D eigenvalue weighted by Crippen LogP contribution is 2.29. The van der Waals surface area contributed by atoms with Crippen LogP contribution in [0.4, 0.5) is 0 Å². The van der Waals surface area contributed by atoms with E-state index in [1.165, 1.54) is 4.31 Å². The van der Waals surface area contributed by atoms with Crippen molar-refractivity contribution < 1.29 is 22.7 Å². The number of benzene rings is 2. The Bertz CT molecular complexity index is 1020. The molecule has 0 aliphatic carbocycles. The molecule has 2 aromatic rings. The summed E-state index contributed by atoms with van der Waals surface area (Å²) in [6.45, 7) is 7.60. The minimum Gasteiger partial charge on any atom is -0.490 e. The third-order valence-electron chi connectivity index (χ3n) is 5.45. The van der Waals surface area contributed by atoms with E-state index in [0.717, 1.165) is 11.1 Å². The van der Waals surface area contributed by atoms with Crippen LogP contribution in [0, 0.1) is 6.92 Å². The molecule has 0 saturated carbocycles. The Morgan fingerprint density at radius 3 is 2.44 bits per heavy atom. The van der Waals surface area contributed by atoms with Crippen molar-refractivity contribution in [1.29, 1.82) is 0 Å². The van der Waals surface area contributed by atoms with Gasteiger partial charge in [-0.15, -0.1) is 0 Å². The summed E-state index contributed by atoms with van der Waals surface area (Å²) in [7, 11) is -3.71. The molecule has 1 unspecified atom stereocenters. The molecule has 1 saturated heterocycles. The summed E-state index contributed by atoms with van der Waals surface area (Å²) >= 11 is 0. The zero-order valence-electron chi connectivity index (χ0n) is 19.0. The maximum Gasteiger partial charge on any atom is 0.243 e. The van der Waals surface area contributed by atoms with Gasteiger partial charge in [0.2, 0.25) is 15.9 Å². The normalized spacial score (nSPS) is 16.7. The highest BCUT2D eigenvalue weighted by Gasteiger charge is 2.39. The zero-order chi connectivity index (χ0) is 23.1. The molecule has 0 radical (unpaired) electrons. The lowest BCUT2D eigenvalue weighted by molar-refractivity contribution is -0.124. The first-order valence-corrected chi connectivity index (χ1v) is 12.6. The smallest absolute Gasteiger partial charge is 0.243 e. The highest BCUT2D eigenvalue weighted by molar-refractivity contribution is 7.89. The van der Waals surface area contributed by atoms with E-state index in [2.05, 4.69) is 5.32 Å². The molecule has 1 heterocycles. The fourth-order valence-corrected chi connectivity index (χ4v) is 5.49. The van der Waals surface area contributed by atoms with Gasteiger partial charge in [0.25, 0.3) is 0 Å². The third kappa shape index (κ3) is 5.61. The first-order chi connectivity index (χ1) is 15.4. The van der Waals surface area contributed by atoms with Crippen LogP contribution >= 0.6 is 0 Å². The van der Waals surface area contributed by atoms with Crippen molar-refractivity contribution in [2.45, 2.75) is 51.0 Å². The number of rotatable bonds is 10. The summed E-state index contributed by atoms with van der Waals surface area (Å²) in [4.78, 5) is 13.0. The summed E-state index contributed by atoms with van der Waals surface area (Å²) in [5.74, 6) is 1.13. The minimum atomic E-state index is -3.71. The van der Waals surface area contributed by atoms with E-state index in [4.69, 9.17) is 9.47 Å². The second kappa shape index (κ2) is 10.8. The van der Waals surface area contributed by atoms with Gasteiger partial charge in [-0.05, 0) is 69.9 Å². The molecule has 0 aromatic heterocycles. The number of carbonyl (C=O) groups is 1. The van der Waals surface area contributed by atoms with Crippen molar-refractivity contribution in [1.82, 2.24) is 9.62 Å². The first-order valence-electron chi connectivity index (χ1n) is 11.1. The van der Waals surface area contributed by atoms with Crippen molar-refractivity contribution in [3.63, 3.8) is 0 Å². The molecule has 1 atom stereocenters. The SMILES string of the molecule is CCOc1ccc(CCNC(=O)C2CCCN2S(=O)(=O)c2ccc(C)cc2)cc1OCC. The number of nitrogens with zero attached hydrogens (tertiary/aromatic N) is 1. The standard InChI is InChI=1S/C24H32N2O5S/c1-4-30-22-13-10-19(17-23(22)31-5-2)14-15-25-24(27)21-7-6-16-26(21)32(28,29)20-11-8-18(3)9-12-20/h8-13,17,21H,4-7,14-16H2,1-3H3,(H,25,27). The molecule has 174 valence electrons. The van der Waals surface area contributed by atoms with Crippen molar-refractivity contribution in [3.8, 4) is 11.5 Å². The van der Waals surface area contributed by atoms with Gasteiger partial charge in [-0.2, -0.15) is 4.31 Å².